The van der Waals surface area contributed by atoms with Gasteiger partial charge in [0.25, 0.3) is 5.91 Å². The van der Waals surface area contributed by atoms with Gasteiger partial charge < -0.3 is 21.7 Å². The first-order chi connectivity index (χ1) is 13.9. The van der Waals surface area contributed by atoms with Gasteiger partial charge in [-0.3, -0.25) is 9.59 Å². The van der Waals surface area contributed by atoms with Crippen LogP contribution in [0.25, 0.3) is 0 Å². The minimum atomic E-state index is -0.497. The molecule has 7 nitrogen and oxygen atoms in total. The summed E-state index contributed by atoms with van der Waals surface area (Å²) in [4.78, 5) is 28.5. The molecule has 0 spiro atoms. The van der Waals surface area contributed by atoms with E-state index < -0.39 is 5.91 Å². The Morgan fingerprint density at radius 1 is 1.28 bits per heavy atom. The topological polar surface area (TPSA) is 109 Å². The zero-order valence-electron chi connectivity index (χ0n) is 17.2. The molecule has 154 valence electrons. The third kappa shape index (κ3) is 5.32. The fourth-order valence-electron chi connectivity index (χ4n) is 3.24. The van der Waals surface area contributed by atoms with Gasteiger partial charge in [-0.1, -0.05) is 12.1 Å². The molecule has 1 aromatic carbocycles. The number of carbonyl (C=O) groups is 2. The molecule has 7 heteroatoms. The van der Waals surface area contributed by atoms with Crippen LogP contribution in [-0.4, -0.2) is 36.4 Å². The molecule has 0 aliphatic heterocycles. The summed E-state index contributed by atoms with van der Waals surface area (Å²) in [7, 11) is 1.76. The lowest BCUT2D eigenvalue weighted by atomic mass is 10.1. The van der Waals surface area contributed by atoms with E-state index in [0.717, 1.165) is 35.3 Å². The van der Waals surface area contributed by atoms with E-state index in [4.69, 9.17) is 10.7 Å². The van der Waals surface area contributed by atoms with Crippen molar-refractivity contribution >= 4 is 23.3 Å². The lowest BCUT2D eigenvalue weighted by molar-refractivity contribution is -0.122. The van der Waals surface area contributed by atoms with Crippen LogP contribution in [-0.2, 0) is 11.2 Å². The molecule has 1 heterocycles. The van der Waals surface area contributed by atoms with Crippen molar-refractivity contribution in [3.8, 4) is 0 Å². The quantitative estimate of drug-likeness (QED) is 0.521. The number of aromatic nitrogens is 1. The van der Waals surface area contributed by atoms with Crippen molar-refractivity contribution in [1.82, 2.24) is 15.6 Å². The highest BCUT2D eigenvalue weighted by Gasteiger charge is 2.28. The number of pyridine rings is 1. The van der Waals surface area contributed by atoms with Crippen molar-refractivity contribution in [2.24, 2.45) is 5.73 Å². The molecule has 1 saturated carbocycles. The van der Waals surface area contributed by atoms with E-state index in [1.165, 1.54) is 0 Å². The fourth-order valence-corrected chi connectivity index (χ4v) is 3.24. The normalized spacial score (nSPS) is 14.3. The minimum Gasteiger partial charge on any atom is -0.365 e. The molecule has 1 aliphatic rings. The summed E-state index contributed by atoms with van der Waals surface area (Å²) in [6.07, 6.45) is 2.97. The number of amides is 2. The molecule has 5 N–H and O–H groups in total. The second kappa shape index (κ2) is 9.05. The highest BCUT2D eigenvalue weighted by molar-refractivity contribution is 5.98. The molecule has 0 saturated heterocycles. The predicted octanol–water partition coefficient (Wildman–Crippen LogP) is 2.38. The van der Waals surface area contributed by atoms with E-state index in [0.29, 0.717) is 30.3 Å². The van der Waals surface area contributed by atoms with E-state index in [1.807, 2.05) is 44.2 Å². The molecular weight excluding hydrogens is 366 g/mol. The Bertz CT molecular complexity index is 908. The fraction of sp³-hybridized carbons (Fsp3) is 0.409. The second-order valence-corrected chi connectivity index (χ2v) is 7.60. The Hall–Kier alpha value is -2.93. The highest BCUT2D eigenvalue weighted by Crippen LogP contribution is 2.41. The molecule has 2 amide bonds. The van der Waals surface area contributed by atoms with Gasteiger partial charge in [-0.15, -0.1) is 0 Å². The molecule has 3 rings (SSSR count). The van der Waals surface area contributed by atoms with Gasteiger partial charge in [-0.2, -0.15) is 0 Å². The second-order valence-electron chi connectivity index (χ2n) is 7.60. The number of primary amides is 1. The van der Waals surface area contributed by atoms with Gasteiger partial charge in [-0.25, -0.2) is 4.98 Å². The average molecular weight is 396 g/mol. The maximum atomic E-state index is 11.9. The number of benzene rings is 1. The number of hydrogen-bond donors (Lipinski definition) is 4. The van der Waals surface area contributed by atoms with Gasteiger partial charge in [0.2, 0.25) is 5.91 Å². The Morgan fingerprint density at radius 2 is 2.03 bits per heavy atom. The number of nitrogens with two attached hydrogens (primary N) is 1. The molecule has 0 unspecified atom stereocenters. The van der Waals surface area contributed by atoms with Crippen LogP contribution in [0.5, 0.6) is 0 Å². The summed E-state index contributed by atoms with van der Waals surface area (Å²) in [6.45, 7) is 4.34. The van der Waals surface area contributed by atoms with Crippen molar-refractivity contribution < 1.29 is 9.59 Å². The van der Waals surface area contributed by atoms with Crippen molar-refractivity contribution in [3.63, 3.8) is 0 Å². The van der Waals surface area contributed by atoms with Crippen LogP contribution in [0.4, 0.5) is 11.5 Å². The van der Waals surface area contributed by atoms with Crippen molar-refractivity contribution in [2.75, 3.05) is 18.9 Å². The zero-order chi connectivity index (χ0) is 21.0. The lowest BCUT2D eigenvalue weighted by Gasteiger charge is -2.14. The number of likely N-dealkylation sites (N-methyl/N-ethyl adjacent to an activating group) is 1. The molecule has 2 aromatic rings. The summed E-state index contributed by atoms with van der Waals surface area (Å²) >= 11 is 0. The molecule has 0 radical (unpaired) electrons. The first kappa shape index (κ1) is 20.8. The van der Waals surface area contributed by atoms with Crippen LogP contribution >= 0.6 is 0 Å². The minimum absolute atomic E-state index is 0.0238. The third-order valence-electron chi connectivity index (χ3n) is 5.21. The maximum Gasteiger partial charge on any atom is 0.252 e. The monoisotopic (exact) mass is 395 g/mol. The molecular formula is C22H29N5O2. The summed E-state index contributed by atoms with van der Waals surface area (Å²) in [5.41, 5.74) is 9.92. The van der Waals surface area contributed by atoms with Crippen LogP contribution in [0.1, 0.15) is 52.9 Å². The number of nitrogens with one attached hydrogen (secondary N) is 3. The number of aryl methyl sites for hydroxylation is 1. The Morgan fingerprint density at radius 3 is 2.69 bits per heavy atom. The van der Waals surface area contributed by atoms with Crippen LogP contribution in [0.2, 0.25) is 0 Å². The SMILES string of the molecule is CN[C@@H](C)C(=O)NCCc1cccc(Nc2nc(C3CC3)c(C)cc2C(N)=O)c1. The van der Waals surface area contributed by atoms with Gasteiger partial charge in [-0.05, 0) is 69.5 Å². The van der Waals surface area contributed by atoms with E-state index in [-0.39, 0.29) is 11.9 Å². The van der Waals surface area contributed by atoms with Gasteiger partial charge >= 0.3 is 0 Å². The summed E-state index contributed by atoms with van der Waals surface area (Å²) in [5.74, 6) is 0.457. The average Bonchev–Trinajstić information content (AvgIpc) is 3.53. The summed E-state index contributed by atoms with van der Waals surface area (Å²) in [6, 6.07) is 9.48. The molecule has 0 bridgehead atoms. The number of hydrogen-bond acceptors (Lipinski definition) is 5. The molecule has 29 heavy (non-hydrogen) atoms. The van der Waals surface area contributed by atoms with Crippen LogP contribution in [0.15, 0.2) is 30.3 Å². The Kier molecular flexibility index (Phi) is 6.49. The highest BCUT2D eigenvalue weighted by atomic mass is 16.2. The van der Waals surface area contributed by atoms with Gasteiger partial charge in [0.15, 0.2) is 0 Å². The maximum absolute atomic E-state index is 11.9. The van der Waals surface area contributed by atoms with Crippen LogP contribution in [0.3, 0.4) is 0 Å². The molecule has 1 aliphatic carbocycles. The molecule has 1 atom stereocenters. The van der Waals surface area contributed by atoms with Crippen molar-refractivity contribution in [1.29, 1.82) is 0 Å². The number of carbonyl (C=O) groups excluding carboxylic acids is 2. The van der Waals surface area contributed by atoms with E-state index in [2.05, 4.69) is 16.0 Å². The van der Waals surface area contributed by atoms with Gasteiger partial charge in [0, 0.05) is 23.8 Å². The summed E-state index contributed by atoms with van der Waals surface area (Å²) < 4.78 is 0. The lowest BCUT2D eigenvalue weighted by Crippen LogP contribution is -2.41. The van der Waals surface area contributed by atoms with E-state index in [1.54, 1.807) is 7.05 Å². The van der Waals surface area contributed by atoms with Gasteiger partial charge in [0.1, 0.15) is 5.82 Å². The molecule has 1 fully saturated rings. The predicted molar refractivity (Wildman–Crippen MR) is 114 cm³/mol. The van der Waals surface area contributed by atoms with Crippen LogP contribution < -0.4 is 21.7 Å². The van der Waals surface area contributed by atoms with Gasteiger partial charge in [0.05, 0.1) is 11.6 Å². The number of nitrogens with zero attached hydrogens (tertiary/aromatic N) is 1. The standard InChI is InChI=1S/C22H29N5O2/c1-13-11-18(20(23)28)21(27-19(13)16-7-8-16)26-17-6-4-5-15(12-17)9-10-25-22(29)14(2)24-3/h4-6,11-12,14,16,24H,7-10H2,1-3H3,(H2,23,28)(H,25,29)(H,26,27)/t14-/m0/s1. The van der Waals surface area contributed by atoms with Crippen LogP contribution in [0, 0.1) is 6.92 Å². The van der Waals surface area contributed by atoms with Crippen molar-refractivity contribution in [2.45, 2.75) is 45.1 Å². The number of anilines is 2. The summed E-state index contributed by atoms with van der Waals surface area (Å²) in [5, 5.41) is 9.09. The van der Waals surface area contributed by atoms with E-state index in [9.17, 15) is 9.59 Å². The smallest absolute Gasteiger partial charge is 0.252 e. The largest absolute Gasteiger partial charge is 0.365 e. The Labute approximate surface area is 171 Å². The first-order valence-electron chi connectivity index (χ1n) is 10.0. The first-order valence-corrected chi connectivity index (χ1v) is 10.0. The Balaban J connectivity index is 1.72. The van der Waals surface area contributed by atoms with E-state index >= 15 is 0 Å². The third-order valence-corrected chi connectivity index (χ3v) is 5.21. The van der Waals surface area contributed by atoms with Crippen molar-refractivity contribution in [3.05, 3.63) is 52.7 Å². The number of rotatable bonds is 9. The molecule has 1 aromatic heterocycles. The zero-order valence-corrected chi connectivity index (χ0v) is 17.2.